The van der Waals surface area contributed by atoms with Gasteiger partial charge in [0.25, 0.3) is 5.91 Å². The third-order valence-electron chi connectivity index (χ3n) is 10.4. The van der Waals surface area contributed by atoms with Crippen molar-refractivity contribution in [2.24, 2.45) is 11.8 Å². The smallest absolute Gasteiger partial charge is 0.308 e. The number of nitrogens with one attached hydrogen (secondary N) is 1. The van der Waals surface area contributed by atoms with E-state index in [4.69, 9.17) is 9.47 Å². The minimum absolute atomic E-state index is 0.0935. The molecule has 0 bridgehead atoms. The van der Waals surface area contributed by atoms with Gasteiger partial charge in [-0.25, -0.2) is 0 Å². The summed E-state index contributed by atoms with van der Waals surface area (Å²) in [7, 11) is 0. The molecule has 1 aliphatic heterocycles. The zero-order chi connectivity index (χ0) is 31.8. The number of amides is 1. The van der Waals surface area contributed by atoms with Crippen LogP contribution in [0.2, 0.25) is 0 Å². The Balaban J connectivity index is 1.39. The number of rotatable bonds is 9. The van der Waals surface area contributed by atoms with E-state index < -0.39 is 11.0 Å². The highest BCUT2D eigenvalue weighted by atomic mass is 16.6. The first-order chi connectivity index (χ1) is 21.5. The number of piperidine rings is 1. The molecule has 4 atom stereocenters. The molecule has 0 radical (unpaired) electrons. The second kappa shape index (κ2) is 12.2. The molecular formula is C38H47N2O5+. The van der Waals surface area contributed by atoms with Gasteiger partial charge in [0.05, 0.1) is 19.6 Å². The Bertz CT molecular complexity index is 1590. The number of carbonyl (C=O) groups excluding carboxylic acids is 3. The van der Waals surface area contributed by atoms with Crippen LogP contribution in [0.25, 0.3) is 10.8 Å². The molecule has 6 rings (SSSR count). The van der Waals surface area contributed by atoms with Crippen molar-refractivity contribution < 1.29 is 28.3 Å². The molecule has 1 N–H and O–H groups in total. The van der Waals surface area contributed by atoms with Crippen LogP contribution >= 0.6 is 0 Å². The van der Waals surface area contributed by atoms with Crippen LogP contribution in [0.1, 0.15) is 82.1 Å². The predicted octanol–water partition coefficient (Wildman–Crippen LogP) is 6.57. The molecule has 1 heterocycles. The first-order valence-electron chi connectivity index (χ1n) is 16.6. The Labute approximate surface area is 266 Å². The fraction of sp³-hybridized carbons (Fsp3) is 0.500. The first kappa shape index (κ1) is 31.3. The SMILES string of the molecule is CC(=O)Oc1cccc([C@]23CC[N@+](CC(C)C)(CC4CC4)CC2(OC(C)=O)CC[C@@H](NC(=O)c2ccc4ccccc4c2)C3)c1. The summed E-state index contributed by atoms with van der Waals surface area (Å²) in [6.07, 6.45) is 5.35. The van der Waals surface area contributed by atoms with Gasteiger partial charge >= 0.3 is 11.9 Å². The molecule has 2 saturated carbocycles. The number of likely N-dealkylation sites (tertiary alicyclic amines) is 1. The Kier molecular flexibility index (Phi) is 8.51. The van der Waals surface area contributed by atoms with Gasteiger partial charge in [-0.3, -0.25) is 14.4 Å². The molecule has 3 aromatic rings. The number of ether oxygens (including phenoxy) is 2. The number of nitrogens with zero attached hydrogens (tertiary/aromatic N) is 1. The molecule has 3 aromatic carbocycles. The lowest BCUT2D eigenvalue weighted by molar-refractivity contribution is -0.945. The molecule has 1 unspecified atom stereocenters. The zero-order valence-electron chi connectivity index (χ0n) is 27.1. The summed E-state index contributed by atoms with van der Waals surface area (Å²) < 4.78 is 13.1. The van der Waals surface area contributed by atoms with Gasteiger partial charge in [-0.05, 0) is 72.7 Å². The summed E-state index contributed by atoms with van der Waals surface area (Å²) in [5, 5.41) is 5.50. The van der Waals surface area contributed by atoms with Crippen LogP contribution in [0.15, 0.2) is 66.7 Å². The van der Waals surface area contributed by atoms with E-state index in [1.165, 1.54) is 26.7 Å². The van der Waals surface area contributed by atoms with Gasteiger partial charge in [0.15, 0.2) is 5.60 Å². The molecule has 45 heavy (non-hydrogen) atoms. The Morgan fingerprint density at radius 1 is 0.911 bits per heavy atom. The summed E-state index contributed by atoms with van der Waals surface area (Å²) >= 11 is 0. The normalized spacial score (nSPS) is 27.9. The van der Waals surface area contributed by atoms with E-state index in [9.17, 15) is 14.4 Å². The average Bonchev–Trinajstić information content (AvgIpc) is 3.80. The zero-order valence-corrected chi connectivity index (χ0v) is 27.1. The fourth-order valence-electron chi connectivity index (χ4n) is 8.70. The van der Waals surface area contributed by atoms with Crippen LogP contribution in [0.5, 0.6) is 5.75 Å². The third-order valence-corrected chi connectivity index (χ3v) is 10.4. The summed E-state index contributed by atoms with van der Waals surface area (Å²) in [6, 6.07) is 21.5. The van der Waals surface area contributed by atoms with Gasteiger partial charge < -0.3 is 19.3 Å². The summed E-state index contributed by atoms with van der Waals surface area (Å²) in [4.78, 5) is 38.6. The molecule has 2 aliphatic carbocycles. The third kappa shape index (κ3) is 6.51. The van der Waals surface area contributed by atoms with Gasteiger partial charge in [0.2, 0.25) is 0 Å². The summed E-state index contributed by atoms with van der Waals surface area (Å²) in [5.41, 5.74) is 0.328. The van der Waals surface area contributed by atoms with Crippen molar-refractivity contribution in [3.8, 4) is 5.75 Å². The van der Waals surface area contributed by atoms with Crippen LogP contribution in [-0.2, 0) is 19.7 Å². The highest BCUT2D eigenvalue weighted by molar-refractivity contribution is 5.98. The highest BCUT2D eigenvalue weighted by Crippen LogP contribution is 2.56. The Morgan fingerprint density at radius 3 is 2.40 bits per heavy atom. The number of quaternary nitrogens is 1. The molecular weight excluding hydrogens is 564 g/mol. The number of carbonyl (C=O) groups is 3. The van der Waals surface area contributed by atoms with E-state index in [1.54, 1.807) is 6.07 Å². The first-order valence-corrected chi connectivity index (χ1v) is 16.6. The predicted molar refractivity (Wildman–Crippen MR) is 175 cm³/mol. The van der Waals surface area contributed by atoms with E-state index in [-0.39, 0.29) is 23.9 Å². The van der Waals surface area contributed by atoms with E-state index in [0.717, 1.165) is 59.3 Å². The molecule has 7 heteroatoms. The van der Waals surface area contributed by atoms with Crippen molar-refractivity contribution >= 4 is 28.6 Å². The monoisotopic (exact) mass is 611 g/mol. The van der Waals surface area contributed by atoms with Crippen molar-refractivity contribution in [2.45, 2.75) is 83.3 Å². The maximum absolute atomic E-state index is 13.7. The van der Waals surface area contributed by atoms with Gasteiger partial charge in [0.1, 0.15) is 12.3 Å². The van der Waals surface area contributed by atoms with E-state index in [1.807, 2.05) is 54.6 Å². The van der Waals surface area contributed by atoms with Crippen molar-refractivity contribution in [3.63, 3.8) is 0 Å². The maximum atomic E-state index is 13.7. The van der Waals surface area contributed by atoms with E-state index >= 15 is 0 Å². The fourth-order valence-corrected chi connectivity index (χ4v) is 8.70. The van der Waals surface area contributed by atoms with E-state index in [2.05, 4.69) is 25.2 Å². The largest absolute Gasteiger partial charge is 0.452 e. The number of hydrogen-bond acceptors (Lipinski definition) is 5. The Morgan fingerprint density at radius 2 is 1.69 bits per heavy atom. The van der Waals surface area contributed by atoms with Crippen molar-refractivity contribution in [1.82, 2.24) is 5.32 Å². The highest BCUT2D eigenvalue weighted by Gasteiger charge is 2.65. The van der Waals surface area contributed by atoms with Crippen LogP contribution in [0.3, 0.4) is 0 Å². The lowest BCUT2D eigenvalue weighted by Crippen LogP contribution is -2.74. The lowest BCUT2D eigenvalue weighted by atomic mass is 9.54. The topological polar surface area (TPSA) is 81.7 Å². The van der Waals surface area contributed by atoms with Crippen molar-refractivity contribution in [3.05, 3.63) is 77.9 Å². The minimum Gasteiger partial charge on any atom is -0.452 e. The minimum atomic E-state index is -0.750. The molecule has 3 fully saturated rings. The van der Waals surface area contributed by atoms with Crippen LogP contribution in [0, 0.1) is 11.8 Å². The number of benzene rings is 3. The van der Waals surface area contributed by atoms with Crippen molar-refractivity contribution in [1.29, 1.82) is 0 Å². The standard InChI is InChI=1S/C38H46N2O5/c1-26(2)23-40(24-29-12-13-29)19-18-37(33-10-7-11-35(21-33)44-27(3)41)22-34(16-17-38(37,25-40)45-28(4)42)39-36(43)32-15-14-30-8-5-6-9-31(30)20-32/h5-11,14-15,20-21,26,29,34H,12-13,16-19,22-25H2,1-4H3/p+1/t34-,37-,38?,40+/m1/s1. The average molecular weight is 612 g/mol. The van der Waals surface area contributed by atoms with Gasteiger partial charge in [-0.2, -0.15) is 0 Å². The molecule has 0 aromatic heterocycles. The number of fused-ring (bicyclic) bond motifs is 2. The molecule has 1 amide bonds. The van der Waals surface area contributed by atoms with Crippen LogP contribution < -0.4 is 10.1 Å². The van der Waals surface area contributed by atoms with Gasteiger partial charge in [-0.15, -0.1) is 0 Å². The molecule has 1 saturated heterocycles. The molecule has 0 spiro atoms. The number of esters is 2. The lowest BCUT2D eigenvalue weighted by Gasteiger charge is -2.62. The summed E-state index contributed by atoms with van der Waals surface area (Å²) in [5.74, 6) is 0.987. The quantitative estimate of drug-likeness (QED) is 0.168. The second-order valence-electron chi connectivity index (χ2n) is 14.4. The van der Waals surface area contributed by atoms with E-state index in [0.29, 0.717) is 36.5 Å². The van der Waals surface area contributed by atoms with Crippen LogP contribution in [0.4, 0.5) is 0 Å². The second-order valence-corrected chi connectivity index (χ2v) is 14.4. The molecule has 238 valence electrons. The van der Waals surface area contributed by atoms with Gasteiger partial charge in [0, 0.05) is 49.1 Å². The summed E-state index contributed by atoms with van der Waals surface area (Å²) in [6.45, 7) is 11.4. The van der Waals surface area contributed by atoms with Crippen LogP contribution in [-0.4, -0.2) is 60.2 Å². The molecule has 3 aliphatic rings. The number of hydrogen-bond donors (Lipinski definition) is 1. The Hall–Kier alpha value is -3.71. The maximum Gasteiger partial charge on any atom is 0.308 e. The van der Waals surface area contributed by atoms with Gasteiger partial charge in [-0.1, -0.05) is 56.3 Å². The van der Waals surface area contributed by atoms with Crippen molar-refractivity contribution in [2.75, 3.05) is 26.2 Å². The molecule has 7 nitrogen and oxygen atoms in total.